The fourth-order valence-corrected chi connectivity index (χ4v) is 3.00. The first-order chi connectivity index (χ1) is 10.8. The number of ether oxygens (including phenoxy) is 1. The number of nitrogens with zero attached hydrogens (tertiary/aromatic N) is 1. The number of pyridine rings is 1. The van der Waals surface area contributed by atoms with E-state index in [4.69, 9.17) is 4.74 Å². The summed E-state index contributed by atoms with van der Waals surface area (Å²) >= 11 is 0. The Bertz CT molecular complexity index is 478. The first kappa shape index (κ1) is 17.1. The minimum atomic E-state index is 0.0228. The molecule has 0 bridgehead atoms. The SMILES string of the molecule is CCCCCCCOc1cccn(CC2CCNCC2)c1=O. The Kier molecular flexibility index (Phi) is 7.50. The monoisotopic (exact) mass is 306 g/mol. The van der Waals surface area contributed by atoms with Gasteiger partial charge in [0.2, 0.25) is 0 Å². The van der Waals surface area contributed by atoms with Crippen LogP contribution in [0.4, 0.5) is 0 Å². The van der Waals surface area contributed by atoms with E-state index in [1.807, 2.05) is 16.8 Å². The molecule has 1 saturated heterocycles. The maximum Gasteiger partial charge on any atom is 0.292 e. The highest BCUT2D eigenvalue weighted by Crippen LogP contribution is 2.14. The maximum absolute atomic E-state index is 12.4. The van der Waals surface area contributed by atoms with E-state index < -0.39 is 0 Å². The van der Waals surface area contributed by atoms with Gasteiger partial charge in [0.05, 0.1) is 6.61 Å². The van der Waals surface area contributed by atoms with Gasteiger partial charge in [-0.25, -0.2) is 0 Å². The Labute approximate surface area is 133 Å². The zero-order valence-electron chi connectivity index (χ0n) is 13.9. The Morgan fingerprint density at radius 2 is 2.00 bits per heavy atom. The average molecular weight is 306 g/mol. The van der Waals surface area contributed by atoms with Crippen LogP contribution in [0.1, 0.15) is 51.9 Å². The van der Waals surface area contributed by atoms with Crippen LogP contribution in [0.3, 0.4) is 0 Å². The summed E-state index contributed by atoms with van der Waals surface area (Å²) in [4.78, 5) is 12.4. The van der Waals surface area contributed by atoms with Crippen LogP contribution in [0.2, 0.25) is 0 Å². The van der Waals surface area contributed by atoms with Gasteiger partial charge in [-0.05, 0) is 50.4 Å². The van der Waals surface area contributed by atoms with Crippen LogP contribution in [0.15, 0.2) is 23.1 Å². The third-order valence-electron chi connectivity index (χ3n) is 4.40. The number of nitrogens with one attached hydrogen (secondary N) is 1. The van der Waals surface area contributed by atoms with Crippen LogP contribution in [0, 0.1) is 5.92 Å². The van der Waals surface area contributed by atoms with E-state index in [-0.39, 0.29) is 5.56 Å². The number of rotatable bonds is 9. The summed E-state index contributed by atoms with van der Waals surface area (Å²) in [7, 11) is 0. The van der Waals surface area contributed by atoms with Crippen LogP contribution in [-0.4, -0.2) is 24.3 Å². The molecule has 0 aromatic carbocycles. The molecule has 0 saturated carbocycles. The molecule has 0 atom stereocenters. The smallest absolute Gasteiger partial charge is 0.292 e. The lowest BCUT2D eigenvalue weighted by atomic mass is 9.98. The van der Waals surface area contributed by atoms with Crippen molar-refractivity contribution in [3.05, 3.63) is 28.7 Å². The first-order valence-corrected chi connectivity index (χ1v) is 8.84. The molecule has 2 heterocycles. The number of unbranched alkanes of at least 4 members (excludes halogenated alkanes) is 4. The third-order valence-corrected chi connectivity index (χ3v) is 4.40. The van der Waals surface area contributed by atoms with E-state index in [9.17, 15) is 4.79 Å². The molecule has 4 nitrogen and oxygen atoms in total. The van der Waals surface area contributed by atoms with E-state index >= 15 is 0 Å². The topological polar surface area (TPSA) is 43.3 Å². The van der Waals surface area contributed by atoms with Crippen molar-refractivity contribution in [2.75, 3.05) is 19.7 Å². The van der Waals surface area contributed by atoms with Gasteiger partial charge in [-0.15, -0.1) is 0 Å². The predicted molar refractivity (Wildman–Crippen MR) is 90.5 cm³/mol. The van der Waals surface area contributed by atoms with Crippen molar-refractivity contribution in [1.29, 1.82) is 0 Å². The molecule has 1 fully saturated rings. The van der Waals surface area contributed by atoms with Crippen LogP contribution in [0.25, 0.3) is 0 Å². The highest BCUT2D eigenvalue weighted by Gasteiger charge is 2.15. The summed E-state index contributed by atoms with van der Waals surface area (Å²) in [5.74, 6) is 1.11. The van der Waals surface area contributed by atoms with Crippen molar-refractivity contribution in [3.8, 4) is 5.75 Å². The molecule has 2 rings (SSSR count). The molecule has 1 aromatic heterocycles. The summed E-state index contributed by atoms with van der Waals surface area (Å²) in [5.41, 5.74) is 0.0228. The molecule has 1 aromatic rings. The van der Waals surface area contributed by atoms with Gasteiger partial charge in [0.25, 0.3) is 5.56 Å². The second-order valence-corrected chi connectivity index (χ2v) is 6.29. The van der Waals surface area contributed by atoms with Crippen molar-refractivity contribution in [3.63, 3.8) is 0 Å². The van der Waals surface area contributed by atoms with E-state index in [0.717, 1.165) is 38.9 Å². The molecule has 124 valence electrons. The number of hydrogen-bond acceptors (Lipinski definition) is 3. The van der Waals surface area contributed by atoms with Crippen LogP contribution in [0.5, 0.6) is 5.75 Å². The highest BCUT2D eigenvalue weighted by atomic mass is 16.5. The van der Waals surface area contributed by atoms with Crippen molar-refractivity contribution in [1.82, 2.24) is 9.88 Å². The molecule has 0 unspecified atom stereocenters. The Hall–Kier alpha value is -1.29. The molecule has 0 radical (unpaired) electrons. The second kappa shape index (κ2) is 9.67. The average Bonchev–Trinajstić information content (AvgIpc) is 2.55. The highest BCUT2D eigenvalue weighted by molar-refractivity contribution is 5.17. The number of piperidine rings is 1. The van der Waals surface area contributed by atoms with Crippen molar-refractivity contribution >= 4 is 0 Å². The number of aromatic nitrogens is 1. The Morgan fingerprint density at radius 1 is 1.23 bits per heavy atom. The fraction of sp³-hybridized carbons (Fsp3) is 0.722. The van der Waals surface area contributed by atoms with Crippen LogP contribution in [-0.2, 0) is 6.54 Å². The van der Waals surface area contributed by atoms with Gasteiger partial charge < -0.3 is 14.6 Å². The van der Waals surface area contributed by atoms with E-state index in [1.54, 1.807) is 6.07 Å². The zero-order chi connectivity index (χ0) is 15.6. The predicted octanol–water partition coefficient (Wildman–Crippen LogP) is 3.20. The lowest BCUT2D eigenvalue weighted by molar-refractivity contribution is 0.291. The van der Waals surface area contributed by atoms with E-state index in [1.165, 1.54) is 25.7 Å². The van der Waals surface area contributed by atoms with Gasteiger partial charge in [-0.3, -0.25) is 4.79 Å². The van der Waals surface area contributed by atoms with Gasteiger partial charge in [0, 0.05) is 12.7 Å². The molecular formula is C18H30N2O2. The lowest BCUT2D eigenvalue weighted by Gasteiger charge is -2.23. The maximum atomic E-state index is 12.4. The summed E-state index contributed by atoms with van der Waals surface area (Å²) in [6, 6.07) is 3.72. The summed E-state index contributed by atoms with van der Waals surface area (Å²) in [6.07, 6.45) is 10.2. The van der Waals surface area contributed by atoms with Gasteiger partial charge in [-0.2, -0.15) is 0 Å². The fourth-order valence-electron chi connectivity index (χ4n) is 3.00. The molecule has 0 amide bonds. The van der Waals surface area contributed by atoms with E-state index in [0.29, 0.717) is 18.3 Å². The Balaban J connectivity index is 1.81. The van der Waals surface area contributed by atoms with Gasteiger partial charge >= 0.3 is 0 Å². The van der Waals surface area contributed by atoms with Crippen molar-refractivity contribution < 1.29 is 4.74 Å². The molecular weight excluding hydrogens is 276 g/mol. The van der Waals surface area contributed by atoms with Crippen LogP contribution < -0.4 is 15.6 Å². The van der Waals surface area contributed by atoms with Gasteiger partial charge in [0.15, 0.2) is 5.75 Å². The molecule has 1 aliphatic heterocycles. The molecule has 22 heavy (non-hydrogen) atoms. The molecule has 4 heteroatoms. The number of hydrogen-bond donors (Lipinski definition) is 1. The normalized spacial score (nSPS) is 15.9. The minimum Gasteiger partial charge on any atom is -0.488 e. The molecule has 0 aliphatic carbocycles. The molecule has 1 N–H and O–H groups in total. The standard InChI is InChI=1S/C18H30N2O2/c1-2-3-4-5-6-14-22-17-8-7-13-20(18(17)21)15-16-9-11-19-12-10-16/h7-8,13,16,19H,2-6,9-12,14-15H2,1H3. The quantitative estimate of drug-likeness (QED) is 0.713. The lowest BCUT2D eigenvalue weighted by Crippen LogP contribution is -2.32. The summed E-state index contributed by atoms with van der Waals surface area (Å²) in [5, 5.41) is 3.36. The minimum absolute atomic E-state index is 0.0228. The second-order valence-electron chi connectivity index (χ2n) is 6.29. The zero-order valence-corrected chi connectivity index (χ0v) is 13.9. The van der Waals surface area contributed by atoms with Crippen molar-refractivity contribution in [2.24, 2.45) is 5.92 Å². The van der Waals surface area contributed by atoms with Gasteiger partial charge in [-0.1, -0.05) is 32.6 Å². The largest absolute Gasteiger partial charge is 0.488 e. The molecule has 1 aliphatic rings. The van der Waals surface area contributed by atoms with Crippen molar-refractivity contribution in [2.45, 2.75) is 58.4 Å². The van der Waals surface area contributed by atoms with Crippen LogP contribution >= 0.6 is 0 Å². The van der Waals surface area contributed by atoms with E-state index in [2.05, 4.69) is 12.2 Å². The first-order valence-electron chi connectivity index (χ1n) is 8.84. The Morgan fingerprint density at radius 3 is 2.77 bits per heavy atom. The summed E-state index contributed by atoms with van der Waals surface area (Å²) in [6.45, 7) is 5.80. The van der Waals surface area contributed by atoms with Gasteiger partial charge in [0.1, 0.15) is 0 Å². The third kappa shape index (κ3) is 5.48. The summed E-state index contributed by atoms with van der Waals surface area (Å²) < 4.78 is 7.52. The molecule has 0 spiro atoms.